The van der Waals surface area contributed by atoms with Gasteiger partial charge in [0, 0.05) is 13.1 Å². The minimum absolute atomic E-state index is 0.720. The van der Waals surface area contributed by atoms with Gasteiger partial charge in [-0.25, -0.2) is 0 Å². The van der Waals surface area contributed by atoms with Crippen LogP contribution < -0.4 is 0 Å². The van der Waals surface area contributed by atoms with E-state index in [0.717, 1.165) is 11.8 Å². The van der Waals surface area contributed by atoms with Crippen molar-refractivity contribution in [3.63, 3.8) is 0 Å². The molecule has 1 aliphatic rings. The van der Waals surface area contributed by atoms with Crippen LogP contribution >= 0.6 is 0 Å². The highest BCUT2D eigenvalue weighted by Gasteiger charge is 2.28. The van der Waals surface area contributed by atoms with E-state index in [2.05, 4.69) is 49.2 Å². The fourth-order valence-corrected chi connectivity index (χ4v) is 2.09. The van der Waals surface area contributed by atoms with Crippen LogP contribution in [0.3, 0.4) is 0 Å². The van der Waals surface area contributed by atoms with Crippen molar-refractivity contribution >= 4 is 0 Å². The van der Waals surface area contributed by atoms with Crippen LogP contribution in [-0.2, 0) is 0 Å². The summed E-state index contributed by atoms with van der Waals surface area (Å²) in [4.78, 5) is 2.38. The normalized spacial score (nSPS) is 18.7. The molecular weight excluding hydrogens is 182 g/mol. The Labute approximate surface area is 94.1 Å². The average molecular weight is 205 g/mol. The first kappa shape index (κ1) is 12.3. The predicted molar refractivity (Wildman–Crippen MR) is 67.2 cm³/mol. The van der Waals surface area contributed by atoms with Crippen molar-refractivity contribution < 1.29 is 0 Å². The molecule has 2 rings (SSSR count). The van der Waals surface area contributed by atoms with Crippen LogP contribution in [0.1, 0.15) is 32.3 Å². The molecule has 1 nitrogen and oxygen atoms in total. The first-order valence-corrected chi connectivity index (χ1v) is 6.01. The van der Waals surface area contributed by atoms with E-state index >= 15 is 0 Å². The molecule has 0 amide bonds. The summed E-state index contributed by atoms with van der Waals surface area (Å²) in [6.45, 7) is 8.86. The van der Waals surface area contributed by atoms with Gasteiger partial charge in [0.05, 0.1) is 0 Å². The number of nitrogens with zero attached hydrogens (tertiary/aromatic N) is 1. The summed E-state index contributed by atoms with van der Waals surface area (Å²) in [5.41, 5.74) is 1.49. The lowest BCUT2D eigenvalue weighted by Gasteiger charge is -2.40. The number of hydrogen-bond donors (Lipinski definition) is 0. The Bertz CT molecular complexity index is 262. The molecule has 0 aromatic heterocycles. The number of benzene rings is 1. The standard InChI is InChI=1S/C12H17N.C2H6/c1-10(12-8-13(2)9-12)11-6-4-3-5-7-11;1-2/h3-7,10,12H,8-9H2,1-2H3;1-2H3. The molecule has 1 fully saturated rings. The topological polar surface area (TPSA) is 3.24 Å². The molecule has 1 heterocycles. The van der Waals surface area contributed by atoms with Crippen LogP contribution in [0.4, 0.5) is 0 Å². The fraction of sp³-hybridized carbons (Fsp3) is 0.571. The Morgan fingerprint density at radius 2 is 1.67 bits per heavy atom. The smallest absolute Gasteiger partial charge is 0.00247 e. The Balaban J connectivity index is 0.000000531. The fourth-order valence-electron chi connectivity index (χ4n) is 2.09. The van der Waals surface area contributed by atoms with Crippen molar-refractivity contribution in [1.29, 1.82) is 0 Å². The van der Waals surface area contributed by atoms with E-state index in [0.29, 0.717) is 0 Å². The summed E-state index contributed by atoms with van der Waals surface area (Å²) in [5, 5.41) is 0. The van der Waals surface area contributed by atoms with Crippen LogP contribution in [0.15, 0.2) is 30.3 Å². The van der Waals surface area contributed by atoms with Crippen molar-refractivity contribution in [2.75, 3.05) is 20.1 Å². The summed E-state index contributed by atoms with van der Waals surface area (Å²) in [7, 11) is 2.19. The second-order valence-corrected chi connectivity index (χ2v) is 4.18. The monoisotopic (exact) mass is 205 g/mol. The SMILES string of the molecule is CC.CC(c1ccccc1)C1CN(C)C1. The molecule has 1 heteroatoms. The van der Waals surface area contributed by atoms with Gasteiger partial charge in [-0.1, -0.05) is 51.1 Å². The Kier molecular flexibility index (Phi) is 4.83. The van der Waals surface area contributed by atoms with Crippen molar-refractivity contribution in [2.45, 2.75) is 26.7 Å². The van der Waals surface area contributed by atoms with E-state index in [-0.39, 0.29) is 0 Å². The van der Waals surface area contributed by atoms with Crippen molar-refractivity contribution in [3.05, 3.63) is 35.9 Å². The van der Waals surface area contributed by atoms with E-state index in [1.165, 1.54) is 18.7 Å². The highest BCUT2D eigenvalue weighted by atomic mass is 15.2. The molecule has 1 aromatic rings. The average Bonchev–Trinajstić information content (AvgIpc) is 2.28. The zero-order valence-corrected chi connectivity index (χ0v) is 10.4. The van der Waals surface area contributed by atoms with Gasteiger partial charge in [-0.05, 0) is 24.4 Å². The zero-order valence-electron chi connectivity index (χ0n) is 10.4. The molecule has 1 saturated heterocycles. The highest BCUT2D eigenvalue weighted by molar-refractivity contribution is 5.20. The van der Waals surface area contributed by atoms with Gasteiger partial charge in [-0.3, -0.25) is 0 Å². The number of hydrogen-bond acceptors (Lipinski definition) is 1. The molecule has 1 aromatic carbocycles. The third-order valence-corrected chi connectivity index (χ3v) is 3.12. The first-order chi connectivity index (χ1) is 7.27. The van der Waals surface area contributed by atoms with Crippen LogP contribution in [0.2, 0.25) is 0 Å². The van der Waals surface area contributed by atoms with E-state index < -0.39 is 0 Å². The summed E-state index contributed by atoms with van der Waals surface area (Å²) in [6, 6.07) is 10.8. The lowest BCUT2D eigenvalue weighted by atomic mass is 9.83. The maximum Gasteiger partial charge on any atom is 0.00247 e. The third-order valence-electron chi connectivity index (χ3n) is 3.12. The summed E-state index contributed by atoms with van der Waals surface area (Å²) in [6.07, 6.45) is 0. The minimum atomic E-state index is 0.720. The highest BCUT2D eigenvalue weighted by Crippen LogP contribution is 2.30. The van der Waals surface area contributed by atoms with Gasteiger partial charge in [0.2, 0.25) is 0 Å². The molecule has 0 aliphatic carbocycles. The molecule has 0 radical (unpaired) electrons. The molecule has 0 N–H and O–H groups in total. The second-order valence-electron chi connectivity index (χ2n) is 4.18. The van der Waals surface area contributed by atoms with E-state index in [9.17, 15) is 0 Å². The van der Waals surface area contributed by atoms with Gasteiger partial charge in [-0.2, -0.15) is 0 Å². The Hall–Kier alpha value is -0.820. The Morgan fingerprint density at radius 1 is 1.13 bits per heavy atom. The van der Waals surface area contributed by atoms with E-state index in [4.69, 9.17) is 0 Å². The lowest BCUT2D eigenvalue weighted by molar-refractivity contribution is 0.115. The molecule has 1 aliphatic heterocycles. The molecule has 1 unspecified atom stereocenters. The van der Waals surface area contributed by atoms with Gasteiger partial charge in [0.25, 0.3) is 0 Å². The first-order valence-electron chi connectivity index (χ1n) is 6.01. The second kappa shape index (κ2) is 5.92. The quantitative estimate of drug-likeness (QED) is 0.715. The molecule has 84 valence electrons. The van der Waals surface area contributed by atoms with Crippen LogP contribution in [0, 0.1) is 5.92 Å². The van der Waals surface area contributed by atoms with Crippen molar-refractivity contribution in [2.24, 2.45) is 5.92 Å². The van der Waals surface area contributed by atoms with Gasteiger partial charge in [0.1, 0.15) is 0 Å². The summed E-state index contributed by atoms with van der Waals surface area (Å²) >= 11 is 0. The molecule has 0 bridgehead atoms. The molecule has 0 spiro atoms. The molecular formula is C14H23N. The summed E-state index contributed by atoms with van der Waals surface area (Å²) < 4.78 is 0. The number of rotatable bonds is 2. The lowest BCUT2D eigenvalue weighted by Crippen LogP contribution is -2.45. The maximum absolute atomic E-state index is 2.38. The van der Waals surface area contributed by atoms with Crippen LogP contribution in [0.25, 0.3) is 0 Å². The van der Waals surface area contributed by atoms with E-state index in [1.54, 1.807) is 0 Å². The van der Waals surface area contributed by atoms with Gasteiger partial charge >= 0.3 is 0 Å². The van der Waals surface area contributed by atoms with Gasteiger partial charge in [0.15, 0.2) is 0 Å². The zero-order chi connectivity index (χ0) is 11.3. The van der Waals surface area contributed by atoms with Gasteiger partial charge in [-0.15, -0.1) is 0 Å². The third kappa shape index (κ3) is 3.07. The van der Waals surface area contributed by atoms with E-state index in [1.807, 2.05) is 13.8 Å². The predicted octanol–water partition coefficient (Wildman–Crippen LogP) is 3.38. The maximum atomic E-state index is 2.38. The summed E-state index contributed by atoms with van der Waals surface area (Å²) in [5.74, 6) is 1.59. The molecule has 1 atom stereocenters. The van der Waals surface area contributed by atoms with Crippen LogP contribution in [0.5, 0.6) is 0 Å². The van der Waals surface area contributed by atoms with Gasteiger partial charge < -0.3 is 4.90 Å². The van der Waals surface area contributed by atoms with Crippen molar-refractivity contribution in [1.82, 2.24) is 4.90 Å². The largest absolute Gasteiger partial charge is 0.306 e. The molecule has 15 heavy (non-hydrogen) atoms. The Morgan fingerprint density at radius 3 is 2.13 bits per heavy atom. The number of likely N-dealkylation sites (tertiary alicyclic amines) is 1. The van der Waals surface area contributed by atoms with Crippen LogP contribution in [-0.4, -0.2) is 25.0 Å². The molecule has 0 saturated carbocycles. The minimum Gasteiger partial charge on any atom is -0.306 e. The van der Waals surface area contributed by atoms with Crippen molar-refractivity contribution in [3.8, 4) is 0 Å².